The highest BCUT2D eigenvalue weighted by molar-refractivity contribution is 7.18. The standard InChI is InChI=1S/C8H5ClFO3P/c9-7(11)4-2-1-3-5-6(4)13-8(10,14)12-5/h1-3H,14H2. The van der Waals surface area contributed by atoms with Crippen molar-refractivity contribution in [3.63, 3.8) is 0 Å². The average Bonchev–Trinajstić information content (AvgIpc) is 2.36. The molecule has 0 spiro atoms. The molecule has 0 saturated carbocycles. The first kappa shape index (κ1) is 9.69. The Kier molecular flexibility index (Phi) is 2.13. The Bertz CT molecular complexity index is 408. The number of ether oxygens (including phenoxy) is 2. The Labute approximate surface area is 86.3 Å². The van der Waals surface area contributed by atoms with Crippen LogP contribution < -0.4 is 9.47 Å². The van der Waals surface area contributed by atoms with Crippen molar-refractivity contribution in [2.24, 2.45) is 0 Å². The highest BCUT2D eigenvalue weighted by atomic mass is 35.5. The van der Waals surface area contributed by atoms with Crippen LogP contribution in [0.5, 0.6) is 11.5 Å². The molecule has 2 rings (SSSR count). The van der Waals surface area contributed by atoms with Gasteiger partial charge in [0.1, 0.15) is 0 Å². The molecule has 0 radical (unpaired) electrons. The van der Waals surface area contributed by atoms with Gasteiger partial charge in [-0.3, -0.25) is 4.79 Å². The number of halogens is 2. The largest absolute Gasteiger partial charge is 0.420 e. The van der Waals surface area contributed by atoms with Gasteiger partial charge >= 0.3 is 5.78 Å². The van der Waals surface area contributed by atoms with E-state index in [0.717, 1.165) is 0 Å². The molecule has 0 bridgehead atoms. The van der Waals surface area contributed by atoms with Gasteiger partial charge in [-0.15, -0.1) is 0 Å². The summed E-state index contributed by atoms with van der Waals surface area (Å²) in [5.74, 6) is -2.12. The Morgan fingerprint density at radius 1 is 1.50 bits per heavy atom. The Balaban J connectivity index is 2.52. The second-order valence-corrected chi connectivity index (χ2v) is 3.73. The molecule has 74 valence electrons. The van der Waals surface area contributed by atoms with Gasteiger partial charge in [0.2, 0.25) is 0 Å². The van der Waals surface area contributed by atoms with E-state index < -0.39 is 11.0 Å². The molecule has 6 heteroatoms. The zero-order chi connectivity index (χ0) is 10.3. The molecule has 0 saturated heterocycles. The monoisotopic (exact) mass is 234 g/mol. The molecule has 1 aromatic rings. The van der Waals surface area contributed by atoms with Crippen LogP contribution in [-0.4, -0.2) is 11.0 Å². The summed E-state index contributed by atoms with van der Waals surface area (Å²) >= 11 is 5.28. The number of hydrogen-bond acceptors (Lipinski definition) is 3. The topological polar surface area (TPSA) is 35.5 Å². The second-order valence-electron chi connectivity index (χ2n) is 2.69. The molecular weight excluding hydrogens is 230 g/mol. The maximum atomic E-state index is 13.2. The van der Waals surface area contributed by atoms with Crippen molar-refractivity contribution in [3.8, 4) is 11.5 Å². The van der Waals surface area contributed by atoms with Crippen LogP contribution in [0.25, 0.3) is 0 Å². The minimum Gasteiger partial charge on any atom is -0.420 e. The molecule has 0 fully saturated rings. The summed E-state index contributed by atoms with van der Waals surface area (Å²) in [6.07, 6.45) is 0. The van der Waals surface area contributed by atoms with Gasteiger partial charge in [-0.1, -0.05) is 6.07 Å². The molecule has 0 aromatic heterocycles. The van der Waals surface area contributed by atoms with E-state index in [1.807, 2.05) is 0 Å². The summed E-state index contributed by atoms with van der Waals surface area (Å²) in [5, 5.41) is -0.715. The van der Waals surface area contributed by atoms with Gasteiger partial charge in [-0.2, -0.15) is 4.39 Å². The molecule has 1 aliphatic heterocycles. The first-order valence-electron chi connectivity index (χ1n) is 3.68. The lowest BCUT2D eigenvalue weighted by atomic mass is 10.2. The minimum absolute atomic E-state index is 0.0324. The van der Waals surface area contributed by atoms with Crippen molar-refractivity contribution >= 4 is 26.1 Å². The van der Waals surface area contributed by atoms with Crippen LogP contribution in [-0.2, 0) is 0 Å². The molecule has 0 aliphatic carbocycles. The Morgan fingerprint density at radius 2 is 2.21 bits per heavy atom. The number of hydrogen-bond donors (Lipinski definition) is 0. The summed E-state index contributed by atoms with van der Waals surface area (Å²) in [4.78, 5) is 10.9. The fourth-order valence-corrected chi connectivity index (χ4v) is 1.56. The highest BCUT2D eigenvalue weighted by Crippen LogP contribution is 2.45. The van der Waals surface area contributed by atoms with Gasteiger partial charge in [0.25, 0.3) is 5.24 Å². The van der Waals surface area contributed by atoms with E-state index in [1.165, 1.54) is 18.2 Å². The zero-order valence-corrected chi connectivity index (χ0v) is 8.70. The summed E-state index contributed by atoms with van der Waals surface area (Å²) in [6.45, 7) is 0. The molecule has 3 nitrogen and oxygen atoms in total. The molecular formula is C8H5ClFO3P. The first-order valence-corrected chi connectivity index (χ1v) is 4.64. The van der Waals surface area contributed by atoms with E-state index >= 15 is 0 Å². The van der Waals surface area contributed by atoms with Crippen molar-refractivity contribution < 1.29 is 18.7 Å². The number of rotatable bonds is 1. The molecule has 0 N–H and O–H groups in total. The lowest BCUT2D eigenvalue weighted by molar-refractivity contribution is -0.104. The van der Waals surface area contributed by atoms with Crippen LogP contribution in [0.3, 0.4) is 0 Å². The molecule has 1 aliphatic rings. The van der Waals surface area contributed by atoms with Crippen LogP contribution in [0.1, 0.15) is 10.4 Å². The molecule has 14 heavy (non-hydrogen) atoms. The predicted molar refractivity (Wildman–Crippen MR) is 51.4 cm³/mol. The maximum absolute atomic E-state index is 13.2. The molecule has 0 amide bonds. The average molecular weight is 235 g/mol. The third-order valence-electron chi connectivity index (χ3n) is 1.68. The van der Waals surface area contributed by atoms with Gasteiger partial charge < -0.3 is 9.47 Å². The minimum atomic E-state index is -2.31. The van der Waals surface area contributed by atoms with Crippen molar-refractivity contribution in [2.45, 2.75) is 5.78 Å². The number of carbonyl (C=O) groups is 1. The van der Waals surface area contributed by atoms with Crippen LogP contribution in [0.15, 0.2) is 18.2 Å². The lowest BCUT2D eigenvalue weighted by Gasteiger charge is -2.10. The van der Waals surface area contributed by atoms with Gasteiger partial charge in [-0.25, -0.2) is 0 Å². The van der Waals surface area contributed by atoms with Gasteiger partial charge in [0, 0.05) is 0 Å². The number of alkyl halides is 1. The Morgan fingerprint density at radius 3 is 2.86 bits per heavy atom. The van der Waals surface area contributed by atoms with E-state index in [-0.39, 0.29) is 17.1 Å². The highest BCUT2D eigenvalue weighted by Gasteiger charge is 2.39. The van der Waals surface area contributed by atoms with E-state index in [2.05, 4.69) is 0 Å². The zero-order valence-electron chi connectivity index (χ0n) is 6.79. The summed E-state index contributed by atoms with van der Waals surface area (Å²) in [5.41, 5.74) is 0.0890. The van der Waals surface area contributed by atoms with E-state index in [0.29, 0.717) is 0 Å². The molecule has 2 atom stereocenters. The Hall–Kier alpha value is -0.860. The number of fused-ring (bicyclic) bond motifs is 1. The van der Waals surface area contributed by atoms with E-state index in [9.17, 15) is 9.18 Å². The van der Waals surface area contributed by atoms with Gasteiger partial charge in [-0.05, 0) is 33.0 Å². The SMILES string of the molecule is O=C(Cl)c1cccc2c1OC(F)(P)O2. The second kappa shape index (κ2) is 3.07. The van der Waals surface area contributed by atoms with Crippen molar-refractivity contribution in [3.05, 3.63) is 23.8 Å². The normalized spacial score (nSPS) is 23.6. The summed E-state index contributed by atoms with van der Waals surface area (Å²) < 4.78 is 22.7. The summed E-state index contributed by atoms with van der Waals surface area (Å²) in [7, 11) is 1.74. The lowest BCUT2D eigenvalue weighted by Crippen LogP contribution is -2.23. The smallest absolute Gasteiger partial charge is 0.418 e. The molecule has 1 aromatic carbocycles. The summed E-state index contributed by atoms with van der Waals surface area (Å²) in [6, 6.07) is 4.46. The predicted octanol–water partition coefficient (Wildman–Crippen LogP) is 2.29. The first-order chi connectivity index (χ1) is 6.49. The fourth-order valence-electron chi connectivity index (χ4n) is 1.17. The number of para-hydroxylation sites is 1. The van der Waals surface area contributed by atoms with Crippen LogP contribution in [0.4, 0.5) is 4.39 Å². The fraction of sp³-hybridized carbons (Fsp3) is 0.125. The van der Waals surface area contributed by atoms with Crippen molar-refractivity contribution in [1.82, 2.24) is 0 Å². The van der Waals surface area contributed by atoms with Crippen LogP contribution in [0.2, 0.25) is 0 Å². The third kappa shape index (κ3) is 1.56. The van der Waals surface area contributed by atoms with Crippen LogP contribution in [0, 0.1) is 0 Å². The molecule has 2 unspecified atom stereocenters. The quantitative estimate of drug-likeness (QED) is 0.552. The van der Waals surface area contributed by atoms with Gasteiger partial charge in [0.05, 0.1) is 5.56 Å². The van der Waals surface area contributed by atoms with Gasteiger partial charge in [0.15, 0.2) is 11.5 Å². The maximum Gasteiger partial charge on any atom is 0.418 e. The van der Waals surface area contributed by atoms with Crippen LogP contribution >= 0.6 is 20.8 Å². The van der Waals surface area contributed by atoms with E-state index in [4.69, 9.17) is 21.1 Å². The van der Waals surface area contributed by atoms with Crippen molar-refractivity contribution in [1.29, 1.82) is 0 Å². The van der Waals surface area contributed by atoms with Crippen molar-refractivity contribution in [2.75, 3.05) is 0 Å². The molecule has 1 heterocycles. The van der Waals surface area contributed by atoms with E-state index in [1.54, 1.807) is 9.24 Å². The number of carbonyl (C=O) groups excluding carboxylic acids is 1. The third-order valence-corrected chi connectivity index (χ3v) is 2.12. The number of benzene rings is 1.